The first-order chi connectivity index (χ1) is 13.9. The maximum absolute atomic E-state index is 6.00. The molecule has 0 radical (unpaired) electrons. The van der Waals surface area contributed by atoms with E-state index in [9.17, 15) is 0 Å². The minimum atomic E-state index is 0.104. The highest BCUT2D eigenvalue weighted by Crippen LogP contribution is 2.31. The summed E-state index contributed by atoms with van der Waals surface area (Å²) < 4.78 is 8.26. The molecule has 0 saturated carbocycles. The molecule has 140 valence electrons. The number of ether oxygens (including phenoxy) is 1. The van der Waals surface area contributed by atoms with Crippen molar-refractivity contribution < 1.29 is 4.74 Å². The summed E-state index contributed by atoms with van der Waals surface area (Å²) in [6.07, 6.45) is 1.04. The number of hydrogen-bond donors (Lipinski definition) is 2. The number of hydrogen-bond acceptors (Lipinski definition) is 4. The van der Waals surface area contributed by atoms with E-state index in [1.807, 2.05) is 42.5 Å². The van der Waals surface area contributed by atoms with E-state index in [2.05, 4.69) is 57.9 Å². The van der Waals surface area contributed by atoms with E-state index < -0.39 is 0 Å². The van der Waals surface area contributed by atoms with Crippen molar-refractivity contribution in [3.05, 3.63) is 96.3 Å². The Morgan fingerprint density at radius 1 is 0.857 bits per heavy atom. The quantitative estimate of drug-likeness (QED) is 0.548. The molecule has 4 aromatic rings. The van der Waals surface area contributed by atoms with E-state index in [0.29, 0.717) is 6.61 Å². The van der Waals surface area contributed by atoms with Crippen molar-refractivity contribution >= 4 is 11.0 Å². The number of nitrogens with zero attached hydrogens (tertiary/aromatic N) is 2. The zero-order chi connectivity index (χ0) is 18.8. The highest BCUT2D eigenvalue weighted by Gasteiger charge is 2.29. The van der Waals surface area contributed by atoms with Gasteiger partial charge in [-0.25, -0.2) is 15.8 Å². The van der Waals surface area contributed by atoms with E-state index in [-0.39, 0.29) is 12.2 Å². The molecule has 28 heavy (non-hydrogen) atoms. The summed E-state index contributed by atoms with van der Waals surface area (Å²) in [5.41, 5.74) is 10.3. The van der Waals surface area contributed by atoms with Crippen molar-refractivity contribution in [3.63, 3.8) is 0 Å². The zero-order valence-corrected chi connectivity index (χ0v) is 15.5. The lowest BCUT2D eigenvalue weighted by Gasteiger charge is -2.17. The van der Waals surface area contributed by atoms with Gasteiger partial charge in [-0.2, -0.15) is 0 Å². The Bertz CT molecular complexity index is 1060. The van der Waals surface area contributed by atoms with Crippen molar-refractivity contribution in [2.45, 2.75) is 25.2 Å². The molecule has 1 aliphatic rings. The smallest absolute Gasteiger partial charge is 0.149 e. The monoisotopic (exact) mass is 370 g/mol. The second-order valence-electron chi connectivity index (χ2n) is 6.99. The third-order valence-electron chi connectivity index (χ3n) is 5.18. The summed E-state index contributed by atoms with van der Waals surface area (Å²) in [5, 5.41) is 0. The predicted octanol–water partition coefficient (Wildman–Crippen LogP) is 4.35. The number of hydrazine groups is 1. The van der Waals surface area contributed by atoms with Crippen LogP contribution in [-0.2, 0) is 6.61 Å². The number of fused-ring (bicyclic) bond motifs is 1. The standard InChI is InChI=1S/C23H22N4O/c1-3-9-17(10-4-1)20-15-22(26-25-20)27-21-14-8-7-13-19(21)24-23(27)16-28-18-11-5-2-6-12-18/h1-14,20,22,25-26H,15-16H2. The molecule has 2 heterocycles. The average Bonchev–Trinajstić information content (AvgIpc) is 3.38. The van der Waals surface area contributed by atoms with Gasteiger partial charge < -0.3 is 9.30 Å². The Balaban J connectivity index is 1.44. The fourth-order valence-electron chi connectivity index (χ4n) is 3.82. The van der Waals surface area contributed by atoms with Crippen LogP contribution >= 0.6 is 0 Å². The normalized spacial score (nSPS) is 19.1. The highest BCUT2D eigenvalue weighted by molar-refractivity contribution is 5.76. The van der Waals surface area contributed by atoms with Crippen LogP contribution in [0.4, 0.5) is 0 Å². The van der Waals surface area contributed by atoms with Gasteiger partial charge in [-0.1, -0.05) is 60.7 Å². The Labute approximate surface area is 164 Å². The lowest BCUT2D eigenvalue weighted by atomic mass is 10.0. The lowest BCUT2D eigenvalue weighted by Crippen LogP contribution is -2.30. The molecule has 5 nitrogen and oxygen atoms in total. The summed E-state index contributed by atoms with van der Waals surface area (Å²) in [7, 11) is 0. The number of para-hydroxylation sites is 3. The van der Waals surface area contributed by atoms with Gasteiger partial charge >= 0.3 is 0 Å². The van der Waals surface area contributed by atoms with Crippen molar-refractivity contribution in [2.75, 3.05) is 0 Å². The Hall–Kier alpha value is -3.15. The average molecular weight is 370 g/mol. The SMILES string of the molecule is c1ccc(OCc2nc3ccccc3n2C2CC(c3ccccc3)NN2)cc1. The largest absolute Gasteiger partial charge is 0.486 e. The van der Waals surface area contributed by atoms with E-state index in [4.69, 9.17) is 9.72 Å². The second-order valence-corrected chi connectivity index (χ2v) is 6.99. The van der Waals surface area contributed by atoms with Gasteiger partial charge in [0.05, 0.1) is 11.0 Å². The minimum Gasteiger partial charge on any atom is -0.486 e. The lowest BCUT2D eigenvalue weighted by molar-refractivity contribution is 0.281. The summed E-state index contributed by atoms with van der Waals surface area (Å²) in [5.74, 6) is 1.76. The molecule has 1 fully saturated rings. The van der Waals surface area contributed by atoms with E-state index in [1.54, 1.807) is 0 Å². The Kier molecular flexibility index (Phi) is 4.53. The molecule has 0 bridgehead atoms. The highest BCUT2D eigenvalue weighted by atomic mass is 16.5. The zero-order valence-electron chi connectivity index (χ0n) is 15.5. The van der Waals surface area contributed by atoms with Gasteiger partial charge in [0.15, 0.2) is 0 Å². The molecule has 1 aromatic heterocycles. The van der Waals surface area contributed by atoms with Crippen LogP contribution in [0.2, 0.25) is 0 Å². The minimum absolute atomic E-state index is 0.104. The van der Waals surface area contributed by atoms with Crippen LogP contribution in [0.5, 0.6) is 5.75 Å². The van der Waals surface area contributed by atoms with Gasteiger partial charge in [0, 0.05) is 12.5 Å². The van der Waals surface area contributed by atoms with Crippen LogP contribution < -0.4 is 15.6 Å². The Morgan fingerprint density at radius 2 is 1.57 bits per heavy atom. The number of imidazole rings is 1. The molecule has 2 N–H and O–H groups in total. The molecule has 0 aliphatic carbocycles. The molecule has 0 spiro atoms. The van der Waals surface area contributed by atoms with Gasteiger partial charge in [-0.15, -0.1) is 0 Å². The van der Waals surface area contributed by atoms with Crippen molar-refractivity contribution in [1.82, 2.24) is 20.4 Å². The first kappa shape index (κ1) is 17.0. The van der Waals surface area contributed by atoms with E-state index in [0.717, 1.165) is 29.0 Å². The van der Waals surface area contributed by atoms with E-state index in [1.165, 1.54) is 5.56 Å². The van der Waals surface area contributed by atoms with Crippen molar-refractivity contribution in [1.29, 1.82) is 0 Å². The fraction of sp³-hybridized carbons (Fsp3) is 0.174. The molecule has 5 rings (SSSR count). The molecule has 2 atom stereocenters. The van der Waals surface area contributed by atoms with Crippen molar-refractivity contribution in [3.8, 4) is 5.75 Å². The van der Waals surface area contributed by atoms with Gasteiger partial charge in [-0.05, 0) is 29.8 Å². The number of rotatable bonds is 5. The summed E-state index contributed by atoms with van der Waals surface area (Å²) in [6, 6.07) is 28.9. The topological polar surface area (TPSA) is 51.1 Å². The van der Waals surface area contributed by atoms with Crippen LogP contribution in [0.25, 0.3) is 11.0 Å². The number of nitrogens with one attached hydrogen (secondary N) is 2. The maximum atomic E-state index is 6.00. The predicted molar refractivity (Wildman–Crippen MR) is 110 cm³/mol. The molecule has 1 aliphatic heterocycles. The molecule has 2 unspecified atom stereocenters. The fourth-order valence-corrected chi connectivity index (χ4v) is 3.82. The number of benzene rings is 3. The van der Waals surface area contributed by atoms with Gasteiger partial charge in [0.1, 0.15) is 24.3 Å². The van der Waals surface area contributed by atoms with Gasteiger partial charge in [0.25, 0.3) is 0 Å². The Morgan fingerprint density at radius 3 is 2.39 bits per heavy atom. The third kappa shape index (κ3) is 3.26. The van der Waals surface area contributed by atoms with Crippen molar-refractivity contribution in [2.24, 2.45) is 0 Å². The molecule has 3 aromatic carbocycles. The summed E-state index contributed by atoms with van der Waals surface area (Å²) in [6.45, 7) is 0.423. The van der Waals surface area contributed by atoms with Gasteiger partial charge in [-0.3, -0.25) is 0 Å². The molecular formula is C23H22N4O. The summed E-state index contributed by atoms with van der Waals surface area (Å²) >= 11 is 0. The third-order valence-corrected chi connectivity index (χ3v) is 5.18. The van der Waals surface area contributed by atoms with E-state index >= 15 is 0 Å². The first-order valence-electron chi connectivity index (χ1n) is 9.58. The molecule has 5 heteroatoms. The molecule has 0 amide bonds. The molecule has 1 saturated heterocycles. The van der Waals surface area contributed by atoms with Crippen LogP contribution in [0.15, 0.2) is 84.9 Å². The van der Waals surface area contributed by atoms with Crippen LogP contribution in [-0.4, -0.2) is 9.55 Å². The maximum Gasteiger partial charge on any atom is 0.149 e. The number of aromatic nitrogens is 2. The molecular weight excluding hydrogens is 348 g/mol. The second kappa shape index (κ2) is 7.46. The first-order valence-corrected chi connectivity index (χ1v) is 9.58. The van der Waals surface area contributed by atoms with Crippen LogP contribution in [0.1, 0.15) is 30.0 Å². The summed E-state index contributed by atoms with van der Waals surface area (Å²) in [4.78, 5) is 4.84. The van der Waals surface area contributed by atoms with Crippen LogP contribution in [0.3, 0.4) is 0 Å². The van der Waals surface area contributed by atoms with Crippen LogP contribution in [0, 0.1) is 0 Å². The van der Waals surface area contributed by atoms with Gasteiger partial charge in [0.2, 0.25) is 0 Å².